The van der Waals surface area contributed by atoms with Gasteiger partial charge in [0.25, 0.3) is 0 Å². The number of carboxylic acid groups (broad SMARTS) is 1. The Morgan fingerprint density at radius 1 is 1.09 bits per heavy atom. The van der Waals surface area contributed by atoms with Gasteiger partial charge in [0.05, 0.1) is 11.4 Å². The Morgan fingerprint density at radius 3 is 2.55 bits per heavy atom. The van der Waals surface area contributed by atoms with Gasteiger partial charge in [-0.3, -0.25) is 9.59 Å². The number of piperidine rings is 1. The largest absolute Gasteiger partial charge is 0.507 e. The van der Waals surface area contributed by atoms with Crippen LogP contribution in [-0.4, -0.2) is 49.3 Å². The first-order valence-corrected chi connectivity index (χ1v) is 10.9. The number of ketones is 1. The number of benzene rings is 2. The number of aromatic hydroxyl groups is 1. The molecule has 1 unspecified atom stereocenters. The third-order valence-corrected chi connectivity index (χ3v) is 6.12. The van der Waals surface area contributed by atoms with E-state index in [4.69, 9.17) is 17.3 Å². The van der Waals surface area contributed by atoms with Gasteiger partial charge < -0.3 is 20.1 Å². The first-order valence-electron chi connectivity index (χ1n) is 10.5. The number of likely N-dealkylation sites (tertiary alicyclic amines) is 1. The molecule has 2 heterocycles. The molecule has 4 rings (SSSR count). The van der Waals surface area contributed by atoms with E-state index in [9.17, 15) is 19.5 Å². The molecule has 8 heteroatoms. The van der Waals surface area contributed by atoms with Crippen LogP contribution in [0.15, 0.2) is 60.7 Å². The van der Waals surface area contributed by atoms with E-state index in [1.165, 1.54) is 12.1 Å². The monoisotopic (exact) mass is 462 g/mol. The Labute approximate surface area is 195 Å². The van der Waals surface area contributed by atoms with E-state index in [1.54, 1.807) is 23.1 Å². The summed E-state index contributed by atoms with van der Waals surface area (Å²) < 4.78 is 0. The topological polar surface area (TPSA) is 111 Å². The number of rotatable bonds is 7. The number of hydrogen-bond donors (Lipinski definition) is 3. The second-order valence-electron chi connectivity index (χ2n) is 7.95. The highest BCUT2D eigenvalue weighted by atomic mass is 32.1. The number of carbonyl (C=O) groups is 3. The number of Topliss-reactive ketones (excluding diaryl/α,β-unsaturated/α-hetero) is 1. The fourth-order valence-electron chi connectivity index (χ4n) is 3.97. The van der Waals surface area contributed by atoms with E-state index in [0.29, 0.717) is 34.9 Å². The van der Waals surface area contributed by atoms with Gasteiger partial charge in [0, 0.05) is 29.9 Å². The van der Waals surface area contributed by atoms with Crippen molar-refractivity contribution in [1.82, 2.24) is 9.88 Å². The maximum Gasteiger partial charge on any atom is 0.339 e. The number of phenols is 1. The molecule has 3 aromatic rings. The van der Waals surface area contributed by atoms with E-state index in [2.05, 4.69) is 4.98 Å². The number of aromatic amines is 1. The lowest BCUT2D eigenvalue weighted by Gasteiger charge is -2.32. The zero-order valence-corrected chi connectivity index (χ0v) is 18.5. The lowest BCUT2D eigenvalue weighted by atomic mass is 9.90. The average Bonchev–Trinajstić information content (AvgIpc) is 3.25. The summed E-state index contributed by atoms with van der Waals surface area (Å²) in [4.78, 5) is 41.9. The normalized spacial score (nSPS) is 16.3. The number of thiocarbonyl (C=S) groups is 1. The number of nitrogens with one attached hydrogen (secondary N) is 1. The molecule has 1 aliphatic rings. The highest BCUT2D eigenvalue weighted by molar-refractivity contribution is 7.80. The first kappa shape index (κ1) is 22.4. The number of carbonyl (C=O) groups excluding carboxylic acids is 2. The molecule has 168 valence electrons. The second-order valence-corrected chi connectivity index (χ2v) is 8.42. The van der Waals surface area contributed by atoms with Crippen LogP contribution >= 0.6 is 12.2 Å². The maximum atomic E-state index is 13.1. The first-order chi connectivity index (χ1) is 15.8. The lowest BCUT2D eigenvalue weighted by Crippen LogP contribution is -2.50. The van der Waals surface area contributed by atoms with Crippen LogP contribution in [0.4, 0.5) is 0 Å². The number of aromatic nitrogens is 1. The van der Waals surface area contributed by atoms with Crippen LogP contribution in [0.2, 0.25) is 0 Å². The zero-order valence-electron chi connectivity index (χ0n) is 17.7. The minimum Gasteiger partial charge on any atom is -0.507 e. The highest BCUT2D eigenvalue weighted by Crippen LogP contribution is 2.28. The van der Waals surface area contributed by atoms with Crippen molar-refractivity contribution in [2.45, 2.75) is 19.3 Å². The summed E-state index contributed by atoms with van der Waals surface area (Å²) in [5.41, 5.74) is 2.83. The third kappa shape index (κ3) is 4.85. The molecule has 1 saturated heterocycles. The molecule has 1 fully saturated rings. The van der Waals surface area contributed by atoms with Crippen molar-refractivity contribution in [2.75, 3.05) is 6.54 Å². The Hall–Kier alpha value is -3.78. The number of aromatic carboxylic acids is 1. The minimum atomic E-state index is -1.21. The summed E-state index contributed by atoms with van der Waals surface area (Å²) in [6, 6.07) is 17.6. The van der Waals surface area contributed by atoms with Crippen molar-refractivity contribution in [1.29, 1.82) is 0 Å². The summed E-state index contributed by atoms with van der Waals surface area (Å²) >= 11 is 5.33. The maximum absolute atomic E-state index is 13.1. The fourth-order valence-corrected chi connectivity index (χ4v) is 4.29. The van der Waals surface area contributed by atoms with Crippen LogP contribution in [0.5, 0.6) is 5.75 Å². The molecule has 2 aromatic carbocycles. The van der Waals surface area contributed by atoms with Gasteiger partial charge in [-0.1, -0.05) is 48.6 Å². The van der Waals surface area contributed by atoms with Gasteiger partial charge in [0.1, 0.15) is 17.2 Å². The van der Waals surface area contributed by atoms with E-state index in [-0.39, 0.29) is 35.8 Å². The van der Waals surface area contributed by atoms with Crippen LogP contribution in [0, 0.1) is 5.92 Å². The highest BCUT2D eigenvalue weighted by Gasteiger charge is 2.38. The van der Waals surface area contributed by atoms with Gasteiger partial charge in [-0.2, -0.15) is 0 Å². The third-order valence-electron chi connectivity index (χ3n) is 5.76. The molecule has 0 saturated carbocycles. The Morgan fingerprint density at radius 2 is 1.85 bits per heavy atom. The van der Waals surface area contributed by atoms with Gasteiger partial charge in [-0.25, -0.2) is 4.79 Å². The Balaban J connectivity index is 1.48. The van der Waals surface area contributed by atoms with Crippen molar-refractivity contribution in [3.8, 4) is 17.0 Å². The van der Waals surface area contributed by atoms with Crippen molar-refractivity contribution in [3.05, 3.63) is 77.5 Å². The summed E-state index contributed by atoms with van der Waals surface area (Å²) in [6.07, 6.45) is 0.927. The zero-order chi connectivity index (χ0) is 23.5. The Bertz CT molecular complexity index is 1230. The predicted octanol–water partition coefficient (Wildman–Crippen LogP) is 3.62. The van der Waals surface area contributed by atoms with E-state index < -0.39 is 11.9 Å². The molecule has 0 bridgehead atoms. The van der Waals surface area contributed by atoms with Crippen LogP contribution in [0.1, 0.15) is 28.0 Å². The molecule has 1 aromatic heterocycles. The summed E-state index contributed by atoms with van der Waals surface area (Å²) in [7, 11) is 0. The second kappa shape index (κ2) is 9.38. The predicted molar refractivity (Wildman–Crippen MR) is 126 cm³/mol. The summed E-state index contributed by atoms with van der Waals surface area (Å²) in [5.74, 6) is -2.85. The van der Waals surface area contributed by atoms with Crippen molar-refractivity contribution < 1.29 is 24.6 Å². The quantitative estimate of drug-likeness (QED) is 0.365. The van der Waals surface area contributed by atoms with Crippen LogP contribution in [0.25, 0.3) is 11.3 Å². The average molecular weight is 463 g/mol. The Kier molecular flexibility index (Phi) is 6.37. The minimum absolute atomic E-state index is 0.0681. The number of hydrogen-bond acceptors (Lipinski definition) is 5. The van der Waals surface area contributed by atoms with Gasteiger partial charge in [0.15, 0.2) is 5.78 Å². The van der Waals surface area contributed by atoms with Crippen LogP contribution < -0.4 is 0 Å². The van der Waals surface area contributed by atoms with E-state index >= 15 is 0 Å². The fraction of sp³-hybridized carbons (Fsp3) is 0.200. The van der Waals surface area contributed by atoms with Crippen molar-refractivity contribution in [2.24, 2.45) is 5.92 Å². The molecular formula is C25H22N2O5S. The summed E-state index contributed by atoms with van der Waals surface area (Å²) in [5, 5.41) is 19.0. The smallest absolute Gasteiger partial charge is 0.339 e. The van der Waals surface area contributed by atoms with Gasteiger partial charge in [-0.05, 0) is 36.2 Å². The molecule has 0 spiro atoms. The van der Waals surface area contributed by atoms with Gasteiger partial charge >= 0.3 is 5.97 Å². The molecule has 1 amide bonds. The molecule has 0 aliphatic carbocycles. The molecular weight excluding hydrogens is 440 g/mol. The number of H-pyrrole nitrogens is 1. The molecule has 7 nitrogen and oxygen atoms in total. The van der Waals surface area contributed by atoms with E-state index in [0.717, 1.165) is 5.56 Å². The standard InChI is InChI=1S/C25H22N2O5S/c28-21-12-16(6-8-18(21)25(31)32)20-9-7-17(26-20)13-19-22(29)14-23(33)27(24(19)30)11-10-15-4-2-1-3-5-15/h1-9,12,19,26,28H,10-11,13-14H2,(H,31,32). The van der Waals surface area contributed by atoms with Crippen molar-refractivity contribution >= 4 is 34.9 Å². The van der Waals surface area contributed by atoms with Gasteiger partial charge in [0.2, 0.25) is 5.91 Å². The summed E-state index contributed by atoms with van der Waals surface area (Å²) in [6.45, 7) is 0.427. The van der Waals surface area contributed by atoms with Crippen LogP contribution in [-0.2, 0) is 22.4 Å². The van der Waals surface area contributed by atoms with Gasteiger partial charge in [-0.15, -0.1) is 0 Å². The molecule has 33 heavy (non-hydrogen) atoms. The molecule has 1 aliphatic heterocycles. The lowest BCUT2D eigenvalue weighted by molar-refractivity contribution is -0.139. The molecule has 3 N–H and O–H groups in total. The number of amides is 1. The van der Waals surface area contributed by atoms with E-state index in [1.807, 2.05) is 30.3 Å². The SMILES string of the molecule is O=C(O)c1ccc(-c2ccc(CC3C(=O)CC(=S)N(CCc4ccccc4)C3=O)[nH]2)cc1O. The van der Waals surface area contributed by atoms with Crippen molar-refractivity contribution in [3.63, 3.8) is 0 Å². The number of nitrogens with zero attached hydrogens (tertiary/aromatic N) is 1. The molecule has 1 atom stereocenters. The van der Waals surface area contributed by atoms with Crippen LogP contribution in [0.3, 0.4) is 0 Å². The number of carboxylic acids is 1. The molecule has 0 radical (unpaired) electrons.